The minimum atomic E-state index is -0.511. The molecule has 0 radical (unpaired) electrons. The van der Waals surface area contributed by atoms with Crippen molar-refractivity contribution in [2.45, 2.75) is 20.0 Å². The molecule has 128 valence electrons. The van der Waals surface area contributed by atoms with Crippen LogP contribution in [0, 0.1) is 12.7 Å². The summed E-state index contributed by atoms with van der Waals surface area (Å²) < 4.78 is 19.2. The van der Waals surface area contributed by atoms with Gasteiger partial charge in [0.1, 0.15) is 18.2 Å². The zero-order valence-electron chi connectivity index (χ0n) is 13.6. The van der Waals surface area contributed by atoms with Gasteiger partial charge in [-0.3, -0.25) is 9.78 Å². The highest BCUT2D eigenvalue weighted by Gasteiger charge is 2.07. The third-order valence-corrected chi connectivity index (χ3v) is 3.91. The molecule has 0 aliphatic carbocycles. The molecule has 2 aromatic carbocycles. The van der Waals surface area contributed by atoms with Crippen molar-refractivity contribution >= 4 is 0 Å². The fraction of sp³-hybridized carbons (Fsp3) is 0.158. The highest BCUT2D eigenvalue weighted by atomic mass is 19.1. The standard InChI is InChI=1S/C19H17FN2O3/c1-12-16(18(23)22-19(24)21-12)10-13-6-8-15(9-7-13)25-11-14-4-2-3-5-17(14)20/h2-9H,10-11H2,1H3,(H2,21,22,23,24). The fourth-order valence-electron chi connectivity index (χ4n) is 2.52. The molecule has 25 heavy (non-hydrogen) atoms. The molecule has 0 amide bonds. The Morgan fingerprint density at radius 3 is 2.40 bits per heavy atom. The van der Waals surface area contributed by atoms with Crippen LogP contribution in [-0.4, -0.2) is 9.97 Å². The first-order chi connectivity index (χ1) is 12.0. The average Bonchev–Trinajstić information content (AvgIpc) is 2.58. The summed E-state index contributed by atoms with van der Waals surface area (Å²) in [5.74, 6) is 0.311. The summed E-state index contributed by atoms with van der Waals surface area (Å²) in [5.41, 5.74) is 1.55. The molecule has 0 fully saturated rings. The van der Waals surface area contributed by atoms with Crippen LogP contribution >= 0.6 is 0 Å². The first kappa shape index (κ1) is 16.7. The van der Waals surface area contributed by atoms with Crippen molar-refractivity contribution in [1.82, 2.24) is 9.97 Å². The van der Waals surface area contributed by atoms with Crippen molar-refractivity contribution in [2.75, 3.05) is 0 Å². The number of ether oxygens (including phenoxy) is 1. The Kier molecular flexibility index (Phi) is 4.79. The van der Waals surface area contributed by atoms with Crippen molar-refractivity contribution in [1.29, 1.82) is 0 Å². The SMILES string of the molecule is Cc1[nH]c(=O)[nH]c(=O)c1Cc1ccc(OCc2ccccc2F)cc1. The normalized spacial score (nSPS) is 10.6. The van der Waals surface area contributed by atoms with E-state index in [9.17, 15) is 14.0 Å². The van der Waals surface area contributed by atoms with Crippen LogP contribution in [0.15, 0.2) is 58.1 Å². The average molecular weight is 340 g/mol. The van der Waals surface area contributed by atoms with Crippen LogP contribution in [0.25, 0.3) is 0 Å². The van der Waals surface area contributed by atoms with E-state index in [0.29, 0.717) is 29.0 Å². The lowest BCUT2D eigenvalue weighted by atomic mass is 10.1. The quantitative estimate of drug-likeness (QED) is 0.750. The number of aromatic nitrogens is 2. The van der Waals surface area contributed by atoms with Crippen LogP contribution < -0.4 is 16.0 Å². The summed E-state index contributed by atoms with van der Waals surface area (Å²) in [6, 6.07) is 13.7. The number of hydrogen-bond acceptors (Lipinski definition) is 3. The smallest absolute Gasteiger partial charge is 0.325 e. The summed E-state index contributed by atoms with van der Waals surface area (Å²) in [6.45, 7) is 1.84. The van der Waals surface area contributed by atoms with Gasteiger partial charge in [0.2, 0.25) is 0 Å². The van der Waals surface area contributed by atoms with E-state index in [2.05, 4.69) is 9.97 Å². The highest BCUT2D eigenvalue weighted by Crippen LogP contribution is 2.17. The first-order valence-electron chi connectivity index (χ1n) is 7.80. The number of rotatable bonds is 5. The van der Waals surface area contributed by atoms with Gasteiger partial charge in [-0.05, 0) is 30.7 Å². The summed E-state index contributed by atoms with van der Waals surface area (Å²) >= 11 is 0. The fourth-order valence-corrected chi connectivity index (χ4v) is 2.52. The van der Waals surface area contributed by atoms with Crippen LogP contribution in [0.4, 0.5) is 4.39 Å². The van der Waals surface area contributed by atoms with Gasteiger partial charge in [0, 0.05) is 23.2 Å². The Balaban J connectivity index is 1.70. The van der Waals surface area contributed by atoms with Crippen LogP contribution in [0.3, 0.4) is 0 Å². The predicted molar refractivity (Wildman–Crippen MR) is 92.4 cm³/mol. The maximum Gasteiger partial charge on any atom is 0.325 e. The van der Waals surface area contributed by atoms with Crippen molar-refractivity contribution in [3.8, 4) is 5.75 Å². The number of H-pyrrole nitrogens is 2. The van der Waals surface area contributed by atoms with Crippen LogP contribution in [-0.2, 0) is 13.0 Å². The maximum absolute atomic E-state index is 13.6. The molecule has 1 heterocycles. The Hall–Kier alpha value is -3.15. The minimum absolute atomic E-state index is 0.144. The minimum Gasteiger partial charge on any atom is -0.489 e. The summed E-state index contributed by atoms with van der Waals surface area (Å²) in [7, 11) is 0. The molecule has 0 bridgehead atoms. The number of hydrogen-bond donors (Lipinski definition) is 2. The van der Waals surface area contributed by atoms with Crippen LogP contribution in [0.1, 0.15) is 22.4 Å². The van der Waals surface area contributed by atoms with Crippen molar-refractivity contribution < 1.29 is 9.13 Å². The second-order valence-electron chi connectivity index (χ2n) is 5.71. The summed E-state index contributed by atoms with van der Waals surface area (Å²) in [5, 5.41) is 0. The van der Waals surface area contributed by atoms with E-state index >= 15 is 0 Å². The lowest BCUT2D eigenvalue weighted by Crippen LogP contribution is -2.27. The topological polar surface area (TPSA) is 75.0 Å². The molecule has 0 aliphatic rings. The van der Waals surface area contributed by atoms with Crippen molar-refractivity contribution in [3.05, 3.63) is 97.6 Å². The van der Waals surface area contributed by atoms with Gasteiger partial charge in [-0.25, -0.2) is 9.18 Å². The van der Waals surface area contributed by atoms with Gasteiger partial charge >= 0.3 is 5.69 Å². The molecule has 2 N–H and O–H groups in total. The molecule has 3 aromatic rings. The summed E-state index contributed by atoms with van der Waals surface area (Å²) in [6.07, 6.45) is 0.394. The zero-order valence-corrected chi connectivity index (χ0v) is 13.6. The third kappa shape index (κ3) is 4.03. The monoisotopic (exact) mass is 340 g/mol. The molecule has 3 rings (SSSR count). The van der Waals surface area contributed by atoms with E-state index in [1.807, 2.05) is 12.1 Å². The van der Waals surface area contributed by atoms with E-state index in [-0.39, 0.29) is 18.0 Å². The van der Waals surface area contributed by atoms with Crippen molar-refractivity contribution in [2.24, 2.45) is 0 Å². The van der Waals surface area contributed by atoms with E-state index < -0.39 is 5.69 Å². The number of aryl methyl sites for hydroxylation is 1. The van der Waals surface area contributed by atoms with Gasteiger partial charge < -0.3 is 9.72 Å². The molecular weight excluding hydrogens is 323 g/mol. The Labute approximate surface area is 143 Å². The molecule has 0 spiro atoms. The highest BCUT2D eigenvalue weighted by molar-refractivity contribution is 5.32. The number of benzene rings is 2. The third-order valence-electron chi connectivity index (χ3n) is 3.91. The Bertz CT molecular complexity index is 991. The van der Waals surface area contributed by atoms with Gasteiger partial charge in [-0.15, -0.1) is 0 Å². The molecule has 0 saturated carbocycles. The zero-order chi connectivity index (χ0) is 17.8. The number of nitrogens with one attached hydrogen (secondary N) is 2. The van der Waals surface area contributed by atoms with Crippen LogP contribution in [0.5, 0.6) is 5.75 Å². The van der Waals surface area contributed by atoms with Crippen molar-refractivity contribution in [3.63, 3.8) is 0 Å². The molecule has 5 nitrogen and oxygen atoms in total. The van der Waals surface area contributed by atoms with E-state index in [1.54, 1.807) is 37.3 Å². The van der Waals surface area contributed by atoms with Gasteiger partial charge in [-0.1, -0.05) is 30.3 Å². The second-order valence-corrected chi connectivity index (χ2v) is 5.71. The lowest BCUT2D eigenvalue weighted by molar-refractivity contribution is 0.300. The number of halogens is 1. The van der Waals surface area contributed by atoms with Gasteiger partial charge in [0.25, 0.3) is 5.56 Å². The molecule has 1 aromatic heterocycles. The van der Waals surface area contributed by atoms with Gasteiger partial charge in [0.15, 0.2) is 0 Å². The molecule has 0 atom stereocenters. The molecule has 0 saturated heterocycles. The van der Waals surface area contributed by atoms with E-state index in [1.165, 1.54) is 6.07 Å². The molecule has 0 unspecified atom stereocenters. The van der Waals surface area contributed by atoms with E-state index in [0.717, 1.165) is 5.56 Å². The number of aromatic amines is 2. The maximum atomic E-state index is 13.6. The molecule has 6 heteroatoms. The molecular formula is C19H17FN2O3. The Morgan fingerprint density at radius 1 is 1.00 bits per heavy atom. The van der Waals surface area contributed by atoms with Gasteiger partial charge in [0.05, 0.1) is 0 Å². The second kappa shape index (κ2) is 7.17. The first-order valence-corrected chi connectivity index (χ1v) is 7.80. The van der Waals surface area contributed by atoms with Gasteiger partial charge in [-0.2, -0.15) is 0 Å². The lowest BCUT2D eigenvalue weighted by Gasteiger charge is -2.08. The Morgan fingerprint density at radius 2 is 1.72 bits per heavy atom. The molecule has 0 aliphatic heterocycles. The predicted octanol–water partition coefficient (Wildman–Crippen LogP) is 2.68. The largest absolute Gasteiger partial charge is 0.489 e. The van der Waals surface area contributed by atoms with Crippen LogP contribution in [0.2, 0.25) is 0 Å². The summed E-state index contributed by atoms with van der Waals surface area (Å²) in [4.78, 5) is 27.9. The van der Waals surface area contributed by atoms with E-state index in [4.69, 9.17) is 4.74 Å².